The SMILES string of the molecule is CC(C)CNc1nccn1CCC1CCC1. The zero-order chi connectivity index (χ0) is 11.4. The van der Waals surface area contributed by atoms with Crippen molar-refractivity contribution in [2.24, 2.45) is 11.8 Å². The molecule has 0 aromatic carbocycles. The third kappa shape index (κ3) is 3.00. The molecular weight excluding hydrogens is 198 g/mol. The van der Waals surface area contributed by atoms with E-state index in [1.165, 1.54) is 25.7 Å². The molecule has 0 saturated heterocycles. The Morgan fingerprint density at radius 2 is 2.31 bits per heavy atom. The third-order valence-corrected chi connectivity index (χ3v) is 3.39. The number of nitrogens with one attached hydrogen (secondary N) is 1. The lowest BCUT2D eigenvalue weighted by Crippen LogP contribution is -2.16. The Labute approximate surface area is 98.3 Å². The summed E-state index contributed by atoms with van der Waals surface area (Å²) in [4.78, 5) is 4.36. The Morgan fingerprint density at radius 1 is 1.50 bits per heavy atom. The van der Waals surface area contributed by atoms with Gasteiger partial charge in [-0.1, -0.05) is 33.1 Å². The Morgan fingerprint density at radius 3 is 2.94 bits per heavy atom. The summed E-state index contributed by atoms with van der Waals surface area (Å²) < 4.78 is 2.25. The fourth-order valence-corrected chi connectivity index (χ4v) is 2.06. The largest absolute Gasteiger partial charge is 0.355 e. The molecule has 0 amide bonds. The number of aromatic nitrogens is 2. The van der Waals surface area contributed by atoms with Crippen molar-refractivity contribution < 1.29 is 0 Å². The first-order valence-corrected chi connectivity index (χ1v) is 6.50. The second-order valence-electron chi connectivity index (χ2n) is 5.30. The van der Waals surface area contributed by atoms with Crippen molar-refractivity contribution in [3.8, 4) is 0 Å². The minimum atomic E-state index is 0.664. The van der Waals surface area contributed by atoms with E-state index in [-0.39, 0.29) is 0 Å². The number of imidazole rings is 1. The fourth-order valence-electron chi connectivity index (χ4n) is 2.06. The normalized spacial score (nSPS) is 16.4. The van der Waals surface area contributed by atoms with Crippen molar-refractivity contribution in [1.82, 2.24) is 9.55 Å². The molecule has 1 N–H and O–H groups in total. The summed E-state index contributed by atoms with van der Waals surface area (Å²) in [6.45, 7) is 6.55. The van der Waals surface area contributed by atoms with E-state index >= 15 is 0 Å². The maximum atomic E-state index is 4.36. The average molecular weight is 221 g/mol. The Balaban J connectivity index is 1.80. The van der Waals surface area contributed by atoms with Crippen LogP contribution in [0.4, 0.5) is 5.95 Å². The molecule has 1 fully saturated rings. The van der Waals surface area contributed by atoms with E-state index in [1.807, 2.05) is 6.20 Å². The smallest absolute Gasteiger partial charge is 0.202 e. The quantitative estimate of drug-likeness (QED) is 0.799. The molecule has 90 valence electrons. The first-order chi connectivity index (χ1) is 7.75. The lowest BCUT2D eigenvalue weighted by Gasteiger charge is -2.25. The number of hydrogen-bond acceptors (Lipinski definition) is 2. The molecule has 1 aromatic heterocycles. The van der Waals surface area contributed by atoms with Crippen LogP contribution in [-0.4, -0.2) is 16.1 Å². The number of rotatable bonds is 6. The van der Waals surface area contributed by atoms with Gasteiger partial charge in [-0.05, 0) is 18.3 Å². The highest BCUT2D eigenvalue weighted by Crippen LogP contribution is 2.30. The Bertz CT molecular complexity index is 313. The van der Waals surface area contributed by atoms with Crippen molar-refractivity contribution in [2.75, 3.05) is 11.9 Å². The van der Waals surface area contributed by atoms with Gasteiger partial charge in [0.05, 0.1) is 0 Å². The highest BCUT2D eigenvalue weighted by molar-refractivity contribution is 5.25. The van der Waals surface area contributed by atoms with Gasteiger partial charge in [0, 0.05) is 25.5 Å². The van der Waals surface area contributed by atoms with Gasteiger partial charge >= 0.3 is 0 Å². The number of hydrogen-bond donors (Lipinski definition) is 1. The highest BCUT2D eigenvalue weighted by Gasteiger charge is 2.17. The van der Waals surface area contributed by atoms with Gasteiger partial charge in [-0.15, -0.1) is 0 Å². The van der Waals surface area contributed by atoms with Crippen LogP contribution in [0, 0.1) is 11.8 Å². The fraction of sp³-hybridized carbons (Fsp3) is 0.769. The van der Waals surface area contributed by atoms with Gasteiger partial charge in [0.25, 0.3) is 0 Å². The average Bonchev–Trinajstić information content (AvgIpc) is 2.60. The second-order valence-corrected chi connectivity index (χ2v) is 5.30. The van der Waals surface area contributed by atoms with Crippen LogP contribution in [0.25, 0.3) is 0 Å². The summed E-state index contributed by atoms with van der Waals surface area (Å²) in [5.74, 6) is 2.67. The maximum absolute atomic E-state index is 4.36. The third-order valence-electron chi connectivity index (χ3n) is 3.39. The molecule has 1 aliphatic rings. The molecule has 1 saturated carbocycles. The predicted molar refractivity (Wildman–Crippen MR) is 67.5 cm³/mol. The molecule has 0 spiro atoms. The summed E-state index contributed by atoms with van der Waals surface area (Å²) >= 11 is 0. The molecule has 0 bridgehead atoms. The van der Waals surface area contributed by atoms with E-state index in [9.17, 15) is 0 Å². The molecule has 3 heteroatoms. The molecule has 0 aliphatic heterocycles. The molecule has 0 atom stereocenters. The van der Waals surface area contributed by atoms with Crippen LogP contribution in [0.15, 0.2) is 12.4 Å². The van der Waals surface area contributed by atoms with Crippen molar-refractivity contribution in [3.05, 3.63) is 12.4 Å². The van der Waals surface area contributed by atoms with Crippen molar-refractivity contribution in [2.45, 2.75) is 46.1 Å². The molecule has 1 aliphatic carbocycles. The number of aryl methyl sites for hydroxylation is 1. The summed E-state index contributed by atoms with van der Waals surface area (Å²) in [5.41, 5.74) is 0. The van der Waals surface area contributed by atoms with Crippen LogP contribution in [0.5, 0.6) is 0 Å². The monoisotopic (exact) mass is 221 g/mol. The van der Waals surface area contributed by atoms with E-state index in [1.54, 1.807) is 0 Å². The van der Waals surface area contributed by atoms with E-state index in [4.69, 9.17) is 0 Å². The Kier molecular flexibility index (Phi) is 3.86. The van der Waals surface area contributed by atoms with Gasteiger partial charge in [-0.25, -0.2) is 4.98 Å². The van der Waals surface area contributed by atoms with Crippen molar-refractivity contribution in [3.63, 3.8) is 0 Å². The lowest BCUT2D eigenvalue weighted by molar-refractivity contribution is 0.283. The molecule has 16 heavy (non-hydrogen) atoms. The number of anilines is 1. The van der Waals surface area contributed by atoms with Gasteiger partial charge in [0.2, 0.25) is 5.95 Å². The summed E-state index contributed by atoms with van der Waals surface area (Å²) in [7, 11) is 0. The summed E-state index contributed by atoms with van der Waals surface area (Å²) in [6, 6.07) is 0. The minimum absolute atomic E-state index is 0.664. The predicted octanol–water partition coefficient (Wildman–Crippen LogP) is 3.14. The first-order valence-electron chi connectivity index (χ1n) is 6.50. The van der Waals surface area contributed by atoms with E-state index in [0.29, 0.717) is 5.92 Å². The van der Waals surface area contributed by atoms with E-state index < -0.39 is 0 Å². The van der Waals surface area contributed by atoms with Gasteiger partial charge in [0.1, 0.15) is 0 Å². The topological polar surface area (TPSA) is 29.9 Å². The second kappa shape index (κ2) is 5.37. The summed E-state index contributed by atoms with van der Waals surface area (Å²) in [6.07, 6.45) is 9.59. The van der Waals surface area contributed by atoms with Gasteiger partial charge < -0.3 is 9.88 Å². The van der Waals surface area contributed by atoms with Crippen LogP contribution >= 0.6 is 0 Å². The van der Waals surface area contributed by atoms with Crippen LogP contribution in [0.2, 0.25) is 0 Å². The Hall–Kier alpha value is -0.990. The molecular formula is C13H23N3. The minimum Gasteiger partial charge on any atom is -0.355 e. The van der Waals surface area contributed by atoms with Crippen LogP contribution in [0.3, 0.4) is 0 Å². The van der Waals surface area contributed by atoms with Gasteiger partial charge in [-0.3, -0.25) is 0 Å². The maximum Gasteiger partial charge on any atom is 0.202 e. The molecule has 0 unspecified atom stereocenters. The first kappa shape index (κ1) is 11.5. The van der Waals surface area contributed by atoms with Crippen LogP contribution in [0.1, 0.15) is 39.5 Å². The molecule has 0 radical (unpaired) electrons. The zero-order valence-corrected chi connectivity index (χ0v) is 10.4. The van der Waals surface area contributed by atoms with Crippen molar-refractivity contribution >= 4 is 5.95 Å². The molecule has 1 heterocycles. The van der Waals surface area contributed by atoms with E-state index in [2.05, 4.69) is 34.9 Å². The van der Waals surface area contributed by atoms with Gasteiger partial charge in [0.15, 0.2) is 0 Å². The highest BCUT2D eigenvalue weighted by atomic mass is 15.2. The van der Waals surface area contributed by atoms with Crippen molar-refractivity contribution in [1.29, 1.82) is 0 Å². The molecule has 2 rings (SSSR count). The zero-order valence-electron chi connectivity index (χ0n) is 10.4. The molecule has 1 aromatic rings. The van der Waals surface area contributed by atoms with Crippen LogP contribution < -0.4 is 5.32 Å². The van der Waals surface area contributed by atoms with Gasteiger partial charge in [-0.2, -0.15) is 0 Å². The number of nitrogens with zero attached hydrogens (tertiary/aromatic N) is 2. The lowest BCUT2D eigenvalue weighted by atomic mass is 9.83. The van der Waals surface area contributed by atoms with Crippen LogP contribution in [-0.2, 0) is 6.54 Å². The molecule has 3 nitrogen and oxygen atoms in total. The summed E-state index contributed by atoms with van der Waals surface area (Å²) in [5, 5.41) is 3.40. The van der Waals surface area contributed by atoms with E-state index in [0.717, 1.165) is 25.0 Å². The standard InChI is InChI=1S/C13H23N3/c1-11(2)10-15-13-14-7-9-16(13)8-6-12-4-3-5-12/h7,9,11-12H,3-6,8,10H2,1-2H3,(H,14,15).